The second-order valence-electron chi connectivity index (χ2n) is 10.00. The van der Waals surface area contributed by atoms with E-state index in [4.69, 9.17) is 18.7 Å². The third-order valence-corrected chi connectivity index (χ3v) is 6.39. The highest BCUT2D eigenvalue weighted by atomic mass is 16.6. The van der Waals surface area contributed by atoms with Crippen molar-refractivity contribution < 1.29 is 33.1 Å². The molecule has 1 spiro atoms. The normalized spacial score (nSPS) is 23.3. The smallest absolute Gasteiger partial charge is 0.326 e. The van der Waals surface area contributed by atoms with E-state index in [-0.39, 0.29) is 35.6 Å². The molecule has 2 aliphatic rings. The van der Waals surface area contributed by atoms with Gasteiger partial charge in [-0.1, -0.05) is 25.9 Å². The summed E-state index contributed by atoms with van der Waals surface area (Å²) in [6, 6.07) is 4.56. The van der Waals surface area contributed by atoms with Gasteiger partial charge in [-0.05, 0) is 42.7 Å². The molecule has 2 atom stereocenters. The summed E-state index contributed by atoms with van der Waals surface area (Å²) in [6.45, 7) is 5.44. The molecule has 2 unspecified atom stereocenters. The number of hydrogen-bond acceptors (Lipinski definition) is 9. The maximum atomic E-state index is 13.2. The Balaban J connectivity index is 1.38. The van der Waals surface area contributed by atoms with E-state index in [1.54, 1.807) is 25.3 Å². The minimum Gasteiger partial charge on any atom is -0.497 e. The zero-order chi connectivity index (χ0) is 25.4. The molecule has 1 aliphatic heterocycles. The van der Waals surface area contributed by atoms with E-state index in [9.17, 15) is 14.4 Å². The Morgan fingerprint density at radius 3 is 2.69 bits per heavy atom. The molecule has 2 fully saturated rings. The van der Waals surface area contributed by atoms with Gasteiger partial charge in [0.15, 0.2) is 6.61 Å². The lowest BCUT2D eigenvalue weighted by Gasteiger charge is -2.43. The molecule has 1 N–H and O–H groups in total. The van der Waals surface area contributed by atoms with Crippen molar-refractivity contribution in [1.82, 2.24) is 20.4 Å². The highest BCUT2D eigenvalue weighted by Crippen LogP contribution is 2.46. The van der Waals surface area contributed by atoms with Crippen molar-refractivity contribution in [3.8, 4) is 22.9 Å². The summed E-state index contributed by atoms with van der Waals surface area (Å²) in [5, 5.41) is 6.75. The van der Waals surface area contributed by atoms with Crippen molar-refractivity contribution in [2.75, 3.05) is 20.8 Å². The van der Waals surface area contributed by atoms with Crippen molar-refractivity contribution >= 4 is 17.9 Å². The van der Waals surface area contributed by atoms with Gasteiger partial charge in [-0.3, -0.25) is 14.5 Å². The molecule has 2 aromatic rings. The van der Waals surface area contributed by atoms with Crippen LogP contribution in [0, 0.1) is 11.3 Å². The molecule has 1 aliphatic carbocycles. The largest absolute Gasteiger partial charge is 0.497 e. The van der Waals surface area contributed by atoms with E-state index in [2.05, 4.69) is 36.2 Å². The summed E-state index contributed by atoms with van der Waals surface area (Å²) in [5.41, 5.74) is -0.500. The molecular weight excluding hydrogens is 456 g/mol. The van der Waals surface area contributed by atoms with E-state index in [0.29, 0.717) is 29.9 Å². The summed E-state index contributed by atoms with van der Waals surface area (Å²) in [5.74, 6) is 0.536. The van der Waals surface area contributed by atoms with Gasteiger partial charge in [0.2, 0.25) is 5.82 Å². The lowest BCUT2D eigenvalue weighted by atomic mass is 9.64. The number of carbonyl (C=O) groups is 3. The van der Waals surface area contributed by atoms with E-state index in [0.717, 1.165) is 11.3 Å². The molecule has 0 bridgehead atoms. The third-order valence-electron chi connectivity index (χ3n) is 6.39. The Kier molecular flexibility index (Phi) is 6.44. The molecule has 35 heavy (non-hydrogen) atoms. The molecule has 4 rings (SSSR count). The van der Waals surface area contributed by atoms with Crippen LogP contribution in [-0.4, -0.2) is 59.3 Å². The van der Waals surface area contributed by atoms with E-state index in [1.807, 2.05) is 0 Å². The number of imide groups is 1. The highest BCUT2D eigenvalue weighted by molar-refractivity contribution is 6.08. The molecule has 3 amide bonds. The summed E-state index contributed by atoms with van der Waals surface area (Å²) in [7, 11) is 3.06. The first-order chi connectivity index (χ1) is 16.6. The fraction of sp³-hybridized carbons (Fsp3) is 0.542. The number of aromatic nitrogens is 2. The summed E-state index contributed by atoms with van der Waals surface area (Å²) in [4.78, 5) is 43.4. The maximum Gasteiger partial charge on any atom is 0.326 e. The zero-order valence-corrected chi connectivity index (χ0v) is 20.5. The SMILES string of the molecule is COc1ccc(-c2noc(COC(=O)CN3C(=O)NC4(CC(C)CC(C)(C)C4)C3=O)n2)c(OC)c1. The van der Waals surface area contributed by atoms with Gasteiger partial charge in [0.1, 0.15) is 23.6 Å². The summed E-state index contributed by atoms with van der Waals surface area (Å²) in [6.07, 6.45) is 2.04. The summed E-state index contributed by atoms with van der Waals surface area (Å²) >= 11 is 0. The Morgan fingerprint density at radius 1 is 1.23 bits per heavy atom. The number of carbonyl (C=O) groups excluding carboxylic acids is 3. The number of nitrogens with one attached hydrogen (secondary N) is 1. The molecule has 188 valence electrons. The molecule has 2 heterocycles. The van der Waals surface area contributed by atoms with Crippen molar-refractivity contribution in [2.45, 2.75) is 52.2 Å². The van der Waals surface area contributed by atoms with Crippen LogP contribution < -0.4 is 14.8 Å². The fourth-order valence-electron chi connectivity index (χ4n) is 5.37. The van der Waals surface area contributed by atoms with Crippen LogP contribution in [0.2, 0.25) is 0 Å². The average molecular weight is 487 g/mol. The number of hydrogen-bond donors (Lipinski definition) is 1. The number of urea groups is 1. The Hall–Kier alpha value is -3.63. The maximum absolute atomic E-state index is 13.2. The first-order valence-corrected chi connectivity index (χ1v) is 11.4. The van der Waals surface area contributed by atoms with Crippen LogP contribution in [-0.2, 0) is 20.9 Å². The minimum atomic E-state index is -0.975. The van der Waals surface area contributed by atoms with Gasteiger partial charge < -0.3 is 24.1 Å². The van der Waals surface area contributed by atoms with Gasteiger partial charge >= 0.3 is 12.0 Å². The highest BCUT2D eigenvalue weighted by Gasteiger charge is 2.56. The predicted octanol–water partition coefficient (Wildman–Crippen LogP) is 2.93. The number of benzene rings is 1. The van der Waals surface area contributed by atoms with Gasteiger partial charge in [0.05, 0.1) is 19.8 Å². The van der Waals surface area contributed by atoms with Crippen molar-refractivity contribution in [3.05, 3.63) is 24.1 Å². The third kappa shape index (κ3) is 4.94. The van der Waals surface area contributed by atoms with E-state index >= 15 is 0 Å². The number of methoxy groups -OCH3 is 2. The van der Waals surface area contributed by atoms with Gasteiger partial charge in [-0.2, -0.15) is 4.98 Å². The van der Waals surface area contributed by atoms with Crippen LogP contribution in [0.5, 0.6) is 11.5 Å². The van der Waals surface area contributed by atoms with Gasteiger partial charge in [0.25, 0.3) is 11.8 Å². The zero-order valence-electron chi connectivity index (χ0n) is 20.5. The van der Waals surface area contributed by atoms with Crippen LogP contribution in [0.4, 0.5) is 4.79 Å². The molecule has 1 saturated carbocycles. The molecule has 0 radical (unpaired) electrons. The molecule has 11 heteroatoms. The monoisotopic (exact) mass is 486 g/mol. The number of rotatable bonds is 7. The predicted molar refractivity (Wildman–Crippen MR) is 122 cm³/mol. The second kappa shape index (κ2) is 9.20. The molecule has 1 aromatic carbocycles. The minimum absolute atomic E-state index is 0.0581. The number of amides is 3. The van der Waals surface area contributed by atoms with Crippen LogP contribution in [0.15, 0.2) is 22.7 Å². The quantitative estimate of drug-likeness (QED) is 0.463. The van der Waals surface area contributed by atoms with E-state index in [1.165, 1.54) is 7.11 Å². The Morgan fingerprint density at radius 2 is 2.00 bits per heavy atom. The van der Waals surface area contributed by atoms with Crippen molar-refractivity contribution in [3.63, 3.8) is 0 Å². The van der Waals surface area contributed by atoms with Crippen molar-refractivity contribution in [2.24, 2.45) is 11.3 Å². The average Bonchev–Trinajstić information content (AvgIpc) is 3.34. The topological polar surface area (TPSA) is 133 Å². The Bertz CT molecular complexity index is 1140. The van der Waals surface area contributed by atoms with Gasteiger partial charge in [-0.25, -0.2) is 4.79 Å². The summed E-state index contributed by atoms with van der Waals surface area (Å²) < 4.78 is 20.9. The first kappa shape index (κ1) is 24.5. The standard InChI is InChI=1S/C24H30N4O7/c1-14-9-23(2,3)13-24(10-14)21(30)28(22(31)26-24)11-19(29)34-12-18-25-20(27-35-18)16-7-6-15(32-4)8-17(16)33-5/h6-8,14H,9-13H2,1-5H3,(H,26,31). The van der Waals surface area contributed by atoms with Crippen LogP contribution >= 0.6 is 0 Å². The molecule has 1 aromatic heterocycles. The van der Waals surface area contributed by atoms with Gasteiger partial charge in [0, 0.05) is 6.07 Å². The van der Waals surface area contributed by atoms with Crippen LogP contribution in [0.25, 0.3) is 11.4 Å². The lowest BCUT2D eigenvalue weighted by Crippen LogP contribution is -2.54. The number of esters is 1. The number of nitrogens with zero attached hydrogens (tertiary/aromatic N) is 3. The van der Waals surface area contributed by atoms with Crippen LogP contribution in [0.3, 0.4) is 0 Å². The lowest BCUT2D eigenvalue weighted by molar-refractivity contribution is -0.150. The molecule has 11 nitrogen and oxygen atoms in total. The fourth-order valence-corrected chi connectivity index (χ4v) is 5.37. The number of ether oxygens (including phenoxy) is 3. The van der Waals surface area contributed by atoms with E-state index < -0.39 is 24.1 Å². The first-order valence-electron chi connectivity index (χ1n) is 11.4. The second-order valence-corrected chi connectivity index (χ2v) is 10.00. The molecular formula is C24H30N4O7. The Labute approximate surface area is 203 Å². The van der Waals surface area contributed by atoms with Gasteiger partial charge in [-0.15, -0.1) is 0 Å². The molecule has 1 saturated heterocycles. The van der Waals surface area contributed by atoms with Crippen molar-refractivity contribution in [1.29, 1.82) is 0 Å². The van der Waals surface area contributed by atoms with Crippen LogP contribution in [0.1, 0.15) is 45.9 Å².